The van der Waals surface area contributed by atoms with Gasteiger partial charge in [-0.25, -0.2) is 4.79 Å². The summed E-state index contributed by atoms with van der Waals surface area (Å²) in [5.74, 6) is -0.923. The Morgan fingerprint density at radius 3 is 2.43 bits per heavy atom. The van der Waals surface area contributed by atoms with E-state index < -0.39 is 5.97 Å². The Kier molecular flexibility index (Phi) is 5.39. The molecule has 3 nitrogen and oxygen atoms in total. The van der Waals surface area contributed by atoms with Crippen LogP contribution in [0.3, 0.4) is 0 Å². The first-order valence-corrected chi connectivity index (χ1v) is 7.78. The number of carboxylic acids is 1. The van der Waals surface area contributed by atoms with Gasteiger partial charge in [-0.1, -0.05) is 31.5 Å². The van der Waals surface area contributed by atoms with Crippen LogP contribution in [0.1, 0.15) is 30.1 Å². The van der Waals surface area contributed by atoms with Crippen molar-refractivity contribution in [3.8, 4) is 0 Å². The molecule has 2 aromatic rings. The van der Waals surface area contributed by atoms with E-state index in [4.69, 9.17) is 5.11 Å². The van der Waals surface area contributed by atoms with E-state index in [2.05, 4.69) is 39.9 Å². The van der Waals surface area contributed by atoms with Crippen LogP contribution in [0.2, 0.25) is 0 Å². The second-order valence-corrected chi connectivity index (χ2v) is 5.66. The Bertz CT molecular complexity index is 613. The summed E-state index contributed by atoms with van der Waals surface area (Å²) in [5, 5.41) is 9.11. The lowest BCUT2D eigenvalue weighted by atomic mass is 10.1. The maximum absolute atomic E-state index is 11.1. The standard InChI is InChI=1S/C17H18BrNO2/c1-2-3-11-19(13-7-5-4-6-8-13)14-9-10-15(17(20)21)16(18)12-14/h4-10,12H,2-3,11H2,1H3,(H,20,21). The van der Waals surface area contributed by atoms with Gasteiger partial charge in [-0.15, -0.1) is 0 Å². The fraction of sp³-hybridized carbons (Fsp3) is 0.235. The highest BCUT2D eigenvalue weighted by Crippen LogP contribution is 2.30. The summed E-state index contributed by atoms with van der Waals surface area (Å²) < 4.78 is 0.602. The number of rotatable bonds is 6. The van der Waals surface area contributed by atoms with E-state index in [9.17, 15) is 4.79 Å². The Labute approximate surface area is 133 Å². The number of carboxylic acid groups (broad SMARTS) is 1. The van der Waals surface area contributed by atoms with Crippen LogP contribution >= 0.6 is 15.9 Å². The van der Waals surface area contributed by atoms with Crippen LogP contribution in [-0.4, -0.2) is 17.6 Å². The van der Waals surface area contributed by atoms with E-state index in [-0.39, 0.29) is 5.56 Å². The molecule has 0 heterocycles. The van der Waals surface area contributed by atoms with Gasteiger partial charge < -0.3 is 10.0 Å². The molecule has 1 N–H and O–H groups in total. The molecule has 0 aliphatic heterocycles. The molecule has 0 fully saturated rings. The molecule has 0 spiro atoms. The number of hydrogen-bond donors (Lipinski definition) is 1. The molecule has 0 atom stereocenters. The smallest absolute Gasteiger partial charge is 0.336 e. The van der Waals surface area contributed by atoms with Gasteiger partial charge in [0.25, 0.3) is 0 Å². The van der Waals surface area contributed by atoms with Gasteiger partial charge >= 0.3 is 5.97 Å². The monoisotopic (exact) mass is 347 g/mol. The largest absolute Gasteiger partial charge is 0.478 e. The minimum atomic E-state index is -0.923. The third kappa shape index (κ3) is 3.85. The van der Waals surface area contributed by atoms with E-state index in [1.807, 2.05) is 30.3 Å². The molecule has 0 amide bonds. The summed E-state index contributed by atoms with van der Waals surface area (Å²) >= 11 is 3.35. The van der Waals surface area contributed by atoms with Crippen molar-refractivity contribution in [3.63, 3.8) is 0 Å². The Morgan fingerprint density at radius 2 is 1.86 bits per heavy atom. The molecule has 0 radical (unpaired) electrons. The number of anilines is 2. The Hall–Kier alpha value is -1.81. The summed E-state index contributed by atoms with van der Waals surface area (Å²) in [6.45, 7) is 3.06. The average molecular weight is 348 g/mol. The highest BCUT2D eigenvalue weighted by molar-refractivity contribution is 9.10. The van der Waals surface area contributed by atoms with Crippen molar-refractivity contribution >= 4 is 33.3 Å². The molecule has 0 unspecified atom stereocenters. The molecule has 0 aliphatic rings. The molecule has 0 aromatic heterocycles. The fourth-order valence-electron chi connectivity index (χ4n) is 2.18. The minimum Gasteiger partial charge on any atom is -0.478 e. The zero-order valence-electron chi connectivity index (χ0n) is 11.9. The first-order chi connectivity index (χ1) is 10.1. The van der Waals surface area contributed by atoms with E-state index in [1.165, 1.54) is 0 Å². The molecular formula is C17H18BrNO2. The van der Waals surface area contributed by atoms with Gasteiger partial charge in [-0.05, 0) is 52.7 Å². The number of nitrogens with zero attached hydrogens (tertiary/aromatic N) is 1. The number of hydrogen-bond acceptors (Lipinski definition) is 2. The Balaban J connectivity index is 2.37. The van der Waals surface area contributed by atoms with Crippen molar-refractivity contribution in [1.82, 2.24) is 0 Å². The van der Waals surface area contributed by atoms with Gasteiger partial charge in [0.05, 0.1) is 5.56 Å². The fourth-order valence-corrected chi connectivity index (χ4v) is 2.71. The molecule has 0 aliphatic carbocycles. The van der Waals surface area contributed by atoms with Crippen LogP contribution in [0, 0.1) is 0 Å². The second-order valence-electron chi connectivity index (χ2n) is 4.81. The van der Waals surface area contributed by atoms with Gasteiger partial charge in [0, 0.05) is 22.4 Å². The first-order valence-electron chi connectivity index (χ1n) is 6.99. The normalized spacial score (nSPS) is 10.4. The predicted octanol–water partition coefficient (Wildman–Crippen LogP) is 5.09. The summed E-state index contributed by atoms with van der Waals surface area (Å²) in [6, 6.07) is 15.5. The molecular weight excluding hydrogens is 330 g/mol. The molecule has 2 aromatic carbocycles. The number of benzene rings is 2. The predicted molar refractivity (Wildman–Crippen MR) is 89.5 cm³/mol. The van der Waals surface area contributed by atoms with Crippen molar-refractivity contribution in [1.29, 1.82) is 0 Å². The van der Waals surface area contributed by atoms with Gasteiger partial charge in [0.15, 0.2) is 0 Å². The van der Waals surface area contributed by atoms with Crippen LogP contribution in [0.4, 0.5) is 11.4 Å². The summed E-state index contributed by atoms with van der Waals surface area (Å²) in [7, 11) is 0. The third-order valence-corrected chi connectivity index (χ3v) is 3.95. The van der Waals surface area contributed by atoms with Crippen molar-refractivity contribution in [2.24, 2.45) is 0 Å². The zero-order valence-corrected chi connectivity index (χ0v) is 13.5. The lowest BCUT2D eigenvalue weighted by Gasteiger charge is -2.25. The molecule has 2 rings (SSSR count). The van der Waals surface area contributed by atoms with E-state index in [1.54, 1.807) is 6.07 Å². The number of aromatic carboxylic acids is 1. The topological polar surface area (TPSA) is 40.5 Å². The van der Waals surface area contributed by atoms with Crippen molar-refractivity contribution < 1.29 is 9.90 Å². The summed E-state index contributed by atoms with van der Waals surface area (Å²) in [4.78, 5) is 13.3. The van der Waals surface area contributed by atoms with Gasteiger partial charge in [0.1, 0.15) is 0 Å². The van der Waals surface area contributed by atoms with Crippen LogP contribution in [0.15, 0.2) is 53.0 Å². The summed E-state index contributed by atoms with van der Waals surface area (Å²) in [6.07, 6.45) is 2.19. The number of halogens is 1. The van der Waals surface area contributed by atoms with Crippen molar-refractivity contribution in [2.75, 3.05) is 11.4 Å². The van der Waals surface area contributed by atoms with Gasteiger partial charge in [0.2, 0.25) is 0 Å². The molecule has 0 saturated carbocycles. The van der Waals surface area contributed by atoms with Crippen molar-refractivity contribution in [3.05, 3.63) is 58.6 Å². The molecule has 4 heteroatoms. The highest BCUT2D eigenvalue weighted by atomic mass is 79.9. The average Bonchev–Trinajstić information content (AvgIpc) is 2.48. The second kappa shape index (κ2) is 7.27. The number of para-hydroxylation sites is 1. The third-order valence-electron chi connectivity index (χ3n) is 3.30. The Morgan fingerprint density at radius 1 is 1.14 bits per heavy atom. The molecule has 0 bridgehead atoms. The lowest BCUT2D eigenvalue weighted by Crippen LogP contribution is -2.18. The van der Waals surface area contributed by atoms with Crippen molar-refractivity contribution in [2.45, 2.75) is 19.8 Å². The van der Waals surface area contributed by atoms with Crippen LogP contribution in [0.25, 0.3) is 0 Å². The molecule has 21 heavy (non-hydrogen) atoms. The summed E-state index contributed by atoms with van der Waals surface area (Å²) in [5.41, 5.74) is 2.38. The van der Waals surface area contributed by atoms with E-state index >= 15 is 0 Å². The van der Waals surface area contributed by atoms with E-state index in [0.717, 1.165) is 30.8 Å². The molecule has 110 valence electrons. The van der Waals surface area contributed by atoms with Crippen LogP contribution in [0.5, 0.6) is 0 Å². The SMILES string of the molecule is CCCCN(c1ccccc1)c1ccc(C(=O)O)c(Br)c1. The quantitative estimate of drug-likeness (QED) is 0.791. The number of unbranched alkanes of at least 4 members (excludes halogenated alkanes) is 1. The van der Waals surface area contributed by atoms with Gasteiger partial charge in [-0.3, -0.25) is 0 Å². The van der Waals surface area contributed by atoms with Gasteiger partial charge in [-0.2, -0.15) is 0 Å². The van der Waals surface area contributed by atoms with Crippen LogP contribution in [-0.2, 0) is 0 Å². The maximum Gasteiger partial charge on any atom is 0.336 e. The highest BCUT2D eigenvalue weighted by Gasteiger charge is 2.13. The van der Waals surface area contributed by atoms with Crippen LogP contribution < -0.4 is 4.90 Å². The maximum atomic E-state index is 11.1. The van der Waals surface area contributed by atoms with E-state index in [0.29, 0.717) is 4.47 Å². The number of carbonyl (C=O) groups is 1. The first kappa shape index (κ1) is 15.6. The zero-order chi connectivity index (χ0) is 15.2. The lowest BCUT2D eigenvalue weighted by molar-refractivity contribution is 0.0696. The molecule has 0 saturated heterocycles. The minimum absolute atomic E-state index is 0.280.